The van der Waals surface area contributed by atoms with Gasteiger partial charge in [-0.3, -0.25) is 4.79 Å². The topological polar surface area (TPSA) is 63.2 Å². The van der Waals surface area contributed by atoms with Gasteiger partial charge in [-0.05, 0) is 83.5 Å². The first-order valence-corrected chi connectivity index (χ1v) is 13.2. The Balaban J connectivity index is 1.92. The van der Waals surface area contributed by atoms with Crippen LogP contribution >= 0.6 is 0 Å². The lowest BCUT2D eigenvalue weighted by molar-refractivity contribution is -0.411. The van der Waals surface area contributed by atoms with Crippen LogP contribution in [0, 0.1) is 0 Å². The predicted molar refractivity (Wildman–Crippen MR) is 148 cm³/mol. The maximum absolute atomic E-state index is 14.2. The maximum Gasteiger partial charge on any atom is 0.194 e. The molecule has 3 nitrogen and oxygen atoms in total. The summed E-state index contributed by atoms with van der Waals surface area (Å²) in [5.41, 5.74) is 6.35. The van der Waals surface area contributed by atoms with E-state index < -0.39 is 6.10 Å². The van der Waals surface area contributed by atoms with E-state index in [-0.39, 0.29) is 27.8 Å². The van der Waals surface area contributed by atoms with Gasteiger partial charge in [0.1, 0.15) is 0 Å². The summed E-state index contributed by atoms with van der Waals surface area (Å²) in [5, 5.41) is 31.0. The van der Waals surface area contributed by atoms with Crippen LogP contribution in [0.15, 0.2) is 36.4 Å². The minimum atomic E-state index is -1.16. The van der Waals surface area contributed by atoms with E-state index in [1.165, 1.54) is 0 Å². The van der Waals surface area contributed by atoms with Crippen LogP contribution in [0.1, 0.15) is 112 Å². The monoisotopic (exact) mass is 490 g/mol. The van der Waals surface area contributed by atoms with Crippen LogP contribution in [0.2, 0.25) is 0 Å². The van der Waals surface area contributed by atoms with Crippen LogP contribution in [0.25, 0.3) is 32.7 Å². The molecule has 0 spiro atoms. The average molecular weight is 491 g/mol. The molecule has 0 aliphatic heterocycles. The van der Waals surface area contributed by atoms with Crippen molar-refractivity contribution in [3.8, 4) is 16.9 Å². The molecule has 0 amide bonds. The molecule has 4 aromatic rings. The normalized spacial score (nSPS) is 16.8. The molecule has 37 heavy (non-hydrogen) atoms. The van der Waals surface area contributed by atoms with Crippen molar-refractivity contribution in [1.82, 2.24) is 0 Å². The minimum absolute atomic E-state index is 0.0911. The molecule has 190 valence electrons. The van der Waals surface area contributed by atoms with Crippen molar-refractivity contribution in [2.75, 3.05) is 0 Å². The van der Waals surface area contributed by atoms with Gasteiger partial charge in [0.15, 0.2) is 5.78 Å². The summed E-state index contributed by atoms with van der Waals surface area (Å²) in [6, 6.07) is 11.9. The molecule has 4 aromatic carbocycles. The minimum Gasteiger partial charge on any atom is -0.872 e. The Morgan fingerprint density at radius 2 is 1.05 bits per heavy atom. The van der Waals surface area contributed by atoms with Crippen molar-refractivity contribution in [1.29, 1.82) is 0 Å². The zero-order valence-electron chi connectivity index (χ0n) is 23.3. The van der Waals surface area contributed by atoms with Crippen LogP contribution in [0.4, 0.5) is 0 Å². The summed E-state index contributed by atoms with van der Waals surface area (Å²) in [5.74, 6) is -0.182. The fourth-order valence-electron chi connectivity index (χ4n) is 6.06. The lowest BCUT2D eigenvalue weighted by Crippen LogP contribution is -2.27. The van der Waals surface area contributed by atoms with Crippen molar-refractivity contribution in [3.05, 3.63) is 75.3 Å². The van der Waals surface area contributed by atoms with Crippen molar-refractivity contribution < 1.29 is 15.0 Å². The SMILES string of the molecule is CC(C)(C)c1cc2c3c(c1)C([O-])c1cc(C(C)(C)C)cc4c([O-])c5cc(C(C)(C)C)cc(c5c-3c14)C2=O. The highest BCUT2D eigenvalue weighted by atomic mass is 16.3. The predicted octanol–water partition coefficient (Wildman–Crippen LogP) is 6.93. The van der Waals surface area contributed by atoms with Gasteiger partial charge in [-0.15, -0.1) is 0 Å². The third-order valence-corrected chi connectivity index (χ3v) is 8.37. The zero-order chi connectivity index (χ0) is 27.0. The highest BCUT2D eigenvalue weighted by Gasteiger charge is 2.36. The first-order valence-electron chi connectivity index (χ1n) is 13.2. The van der Waals surface area contributed by atoms with Crippen LogP contribution < -0.4 is 10.2 Å². The summed E-state index contributed by atoms with van der Waals surface area (Å²) < 4.78 is 0. The first-order chi connectivity index (χ1) is 17.0. The van der Waals surface area contributed by atoms with E-state index in [0.29, 0.717) is 38.4 Å². The van der Waals surface area contributed by atoms with Gasteiger partial charge in [0, 0.05) is 16.5 Å². The van der Waals surface area contributed by atoms with Crippen molar-refractivity contribution in [3.63, 3.8) is 0 Å². The van der Waals surface area contributed by atoms with E-state index in [9.17, 15) is 15.0 Å². The summed E-state index contributed by atoms with van der Waals surface area (Å²) in [6.45, 7) is 19.0. The Kier molecular flexibility index (Phi) is 4.59. The summed E-state index contributed by atoms with van der Waals surface area (Å²) >= 11 is 0. The Hall–Kier alpha value is -3.17. The van der Waals surface area contributed by atoms with Crippen LogP contribution in [-0.4, -0.2) is 5.78 Å². The number of benzene rings is 4. The fourth-order valence-corrected chi connectivity index (χ4v) is 6.06. The van der Waals surface area contributed by atoms with Crippen molar-refractivity contribution >= 4 is 27.3 Å². The van der Waals surface area contributed by atoms with Gasteiger partial charge < -0.3 is 10.2 Å². The van der Waals surface area contributed by atoms with Crippen LogP contribution in [0.5, 0.6) is 5.75 Å². The highest BCUT2D eigenvalue weighted by molar-refractivity contribution is 6.33. The Morgan fingerprint density at radius 3 is 1.62 bits per heavy atom. The lowest BCUT2D eigenvalue weighted by atomic mass is 9.68. The summed E-state index contributed by atoms with van der Waals surface area (Å²) in [4.78, 5) is 14.2. The van der Waals surface area contributed by atoms with Crippen molar-refractivity contribution in [2.45, 2.75) is 84.7 Å². The standard InChI is InChI=1S/C34H35O3/c1-32(2,3)16-10-19-25-20(11-16)30(36)22-13-18(34(7,8)9)15-24-27(22)28(25)26-21(29(19)35)12-17(33(4,5)6)14-23(26)31(24)37/h10-15,29,36H,1-9H3/q-1/p-1. The smallest absolute Gasteiger partial charge is 0.194 e. The second-order valence-electron chi connectivity index (χ2n) is 14.1. The fraction of sp³-hybridized carbons (Fsp3) is 0.382. The maximum atomic E-state index is 14.2. The van der Waals surface area contributed by atoms with Crippen LogP contribution in [-0.2, 0) is 16.2 Å². The molecule has 0 saturated heterocycles. The molecule has 1 atom stereocenters. The molecular formula is C34H34O3-2. The second-order valence-corrected chi connectivity index (χ2v) is 14.1. The largest absolute Gasteiger partial charge is 0.872 e. The second kappa shape index (κ2) is 7.02. The third-order valence-electron chi connectivity index (χ3n) is 8.37. The molecule has 6 rings (SSSR count). The van der Waals surface area contributed by atoms with E-state index in [0.717, 1.165) is 33.2 Å². The number of ketones is 1. The van der Waals surface area contributed by atoms with E-state index in [2.05, 4.69) is 62.3 Å². The van der Waals surface area contributed by atoms with E-state index in [1.807, 2.05) is 36.4 Å². The quantitative estimate of drug-likeness (QED) is 0.221. The number of carbonyl (C=O) groups excluding carboxylic acids is 1. The van der Waals surface area contributed by atoms with Crippen molar-refractivity contribution in [2.24, 2.45) is 0 Å². The van der Waals surface area contributed by atoms with Gasteiger partial charge in [0.25, 0.3) is 0 Å². The summed E-state index contributed by atoms with van der Waals surface area (Å²) in [6.07, 6.45) is -1.16. The van der Waals surface area contributed by atoms with E-state index >= 15 is 0 Å². The molecule has 0 bridgehead atoms. The molecule has 2 aliphatic rings. The molecule has 2 aliphatic carbocycles. The number of rotatable bonds is 0. The number of carbonyl (C=O) groups is 1. The lowest BCUT2D eigenvalue weighted by Gasteiger charge is -2.40. The Bertz CT molecular complexity index is 1700. The summed E-state index contributed by atoms with van der Waals surface area (Å²) in [7, 11) is 0. The van der Waals surface area contributed by atoms with Gasteiger partial charge >= 0.3 is 0 Å². The van der Waals surface area contributed by atoms with Crippen LogP contribution in [0.3, 0.4) is 0 Å². The molecular weight excluding hydrogens is 456 g/mol. The number of hydrogen-bond donors (Lipinski definition) is 0. The Morgan fingerprint density at radius 1 is 0.595 bits per heavy atom. The van der Waals surface area contributed by atoms with Gasteiger partial charge in [-0.25, -0.2) is 0 Å². The molecule has 0 saturated carbocycles. The van der Waals surface area contributed by atoms with E-state index in [4.69, 9.17) is 0 Å². The zero-order valence-corrected chi connectivity index (χ0v) is 23.3. The molecule has 3 heteroatoms. The number of hydrogen-bond acceptors (Lipinski definition) is 3. The van der Waals surface area contributed by atoms with Gasteiger partial charge in [0.05, 0.1) is 0 Å². The molecule has 1 unspecified atom stereocenters. The molecule has 0 heterocycles. The first kappa shape index (κ1) is 24.2. The van der Waals surface area contributed by atoms with Gasteiger partial charge in [0.2, 0.25) is 0 Å². The third kappa shape index (κ3) is 3.19. The average Bonchev–Trinajstić information content (AvgIpc) is 2.79. The Labute approximate surface area is 219 Å². The van der Waals surface area contributed by atoms with Gasteiger partial charge in [-0.2, -0.15) is 0 Å². The molecule has 0 aromatic heterocycles. The molecule has 0 N–H and O–H groups in total. The molecule has 0 radical (unpaired) electrons. The van der Waals surface area contributed by atoms with E-state index in [1.54, 1.807) is 0 Å². The highest BCUT2D eigenvalue weighted by Crippen LogP contribution is 2.56. The van der Waals surface area contributed by atoms with Gasteiger partial charge in [-0.1, -0.05) is 98.4 Å². The molecule has 0 fully saturated rings.